The summed E-state index contributed by atoms with van der Waals surface area (Å²) < 4.78 is 5.07. The molecule has 0 radical (unpaired) electrons. The van der Waals surface area contributed by atoms with Crippen LogP contribution in [0.4, 0.5) is 5.82 Å². The predicted molar refractivity (Wildman–Crippen MR) is 68.5 cm³/mol. The lowest BCUT2D eigenvalue weighted by Gasteiger charge is -1.98. The standard InChI is InChI=1S/C12H9N5O3/c13-10-9(14-3-4-15-10)12-16-11(17-20-12)6-1-2-7(18)8(19)5-6/h1-5,18-19H,(H2,13,15). The van der Waals surface area contributed by atoms with E-state index in [2.05, 4.69) is 20.1 Å². The third-order valence-corrected chi connectivity index (χ3v) is 2.59. The van der Waals surface area contributed by atoms with Gasteiger partial charge in [-0.1, -0.05) is 5.16 Å². The Morgan fingerprint density at radius 2 is 1.85 bits per heavy atom. The maximum Gasteiger partial charge on any atom is 0.280 e. The van der Waals surface area contributed by atoms with Gasteiger partial charge >= 0.3 is 0 Å². The van der Waals surface area contributed by atoms with Crippen molar-refractivity contribution in [2.75, 3.05) is 5.73 Å². The maximum atomic E-state index is 9.45. The Labute approximate surface area is 112 Å². The SMILES string of the molecule is Nc1nccnc1-c1nc(-c2ccc(O)c(O)c2)no1. The van der Waals surface area contributed by atoms with E-state index in [-0.39, 0.29) is 34.7 Å². The molecule has 3 rings (SSSR count). The van der Waals surface area contributed by atoms with Crippen molar-refractivity contribution < 1.29 is 14.7 Å². The molecule has 0 fully saturated rings. The highest BCUT2D eigenvalue weighted by Crippen LogP contribution is 2.30. The molecule has 8 nitrogen and oxygen atoms in total. The highest BCUT2D eigenvalue weighted by molar-refractivity contribution is 5.65. The number of benzene rings is 1. The number of nitrogens with two attached hydrogens (primary N) is 1. The molecule has 0 saturated carbocycles. The Morgan fingerprint density at radius 3 is 2.60 bits per heavy atom. The zero-order valence-electron chi connectivity index (χ0n) is 10.1. The summed E-state index contributed by atoms with van der Waals surface area (Å²) in [5.41, 5.74) is 6.44. The molecule has 0 aliphatic carbocycles. The Balaban J connectivity index is 2.02. The lowest BCUT2D eigenvalue weighted by atomic mass is 10.2. The van der Waals surface area contributed by atoms with Crippen LogP contribution in [0.1, 0.15) is 0 Å². The zero-order chi connectivity index (χ0) is 14.1. The topological polar surface area (TPSA) is 131 Å². The predicted octanol–water partition coefficient (Wildman–Crippen LogP) is 1.19. The molecule has 0 aliphatic heterocycles. The lowest BCUT2D eigenvalue weighted by Crippen LogP contribution is -1.96. The van der Waals surface area contributed by atoms with E-state index in [4.69, 9.17) is 10.3 Å². The molecule has 4 N–H and O–H groups in total. The minimum absolute atomic E-state index is 0.123. The van der Waals surface area contributed by atoms with Gasteiger partial charge in [0, 0.05) is 18.0 Å². The Kier molecular flexibility index (Phi) is 2.68. The third-order valence-electron chi connectivity index (χ3n) is 2.59. The molecule has 1 aromatic carbocycles. The van der Waals surface area contributed by atoms with Crippen molar-refractivity contribution >= 4 is 5.82 Å². The average molecular weight is 271 g/mol. The van der Waals surface area contributed by atoms with Crippen molar-refractivity contribution in [2.24, 2.45) is 0 Å². The highest BCUT2D eigenvalue weighted by Gasteiger charge is 2.15. The van der Waals surface area contributed by atoms with Crippen LogP contribution in [0.15, 0.2) is 35.1 Å². The summed E-state index contributed by atoms with van der Waals surface area (Å²) in [6, 6.07) is 4.20. The van der Waals surface area contributed by atoms with E-state index in [1.165, 1.54) is 24.5 Å². The van der Waals surface area contributed by atoms with Gasteiger partial charge in [0.15, 0.2) is 23.0 Å². The minimum Gasteiger partial charge on any atom is -0.504 e. The summed E-state index contributed by atoms with van der Waals surface area (Å²) in [5.74, 6) is 0.0401. The number of aromatic nitrogens is 4. The number of rotatable bonds is 2. The van der Waals surface area contributed by atoms with Crippen molar-refractivity contribution in [3.05, 3.63) is 30.6 Å². The summed E-state index contributed by atoms with van der Waals surface area (Å²) in [7, 11) is 0. The number of phenolic OH excluding ortho intramolecular Hbond substituents is 2. The normalized spacial score (nSPS) is 10.6. The van der Waals surface area contributed by atoms with Crippen LogP contribution in [-0.2, 0) is 0 Å². The fourth-order valence-corrected chi connectivity index (χ4v) is 1.61. The van der Waals surface area contributed by atoms with E-state index < -0.39 is 0 Å². The number of phenols is 2. The van der Waals surface area contributed by atoms with Gasteiger partial charge in [0.25, 0.3) is 5.89 Å². The molecule has 0 aliphatic rings. The maximum absolute atomic E-state index is 9.45. The van der Waals surface area contributed by atoms with E-state index in [1.807, 2.05) is 0 Å². The molecule has 2 heterocycles. The third kappa shape index (κ3) is 1.99. The van der Waals surface area contributed by atoms with Gasteiger partial charge in [0.05, 0.1) is 0 Å². The van der Waals surface area contributed by atoms with Gasteiger partial charge in [-0.25, -0.2) is 9.97 Å². The molecule has 0 spiro atoms. The molecule has 20 heavy (non-hydrogen) atoms. The second-order valence-corrected chi connectivity index (χ2v) is 3.92. The molecule has 0 unspecified atom stereocenters. The molecular weight excluding hydrogens is 262 g/mol. The van der Waals surface area contributed by atoms with Gasteiger partial charge in [0.1, 0.15) is 0 Å². The quantitative estimate of drug-likeness (QED) is 0.592. The van der Waals surface area contributed by atoms with Crippen molar-refractivity contribution in [3.63, 3.8) is 0 Å². The monoisotopic (exact) mass is 271 g/mol. The van der Waals surface area contributed by atoms with Gasteiger partial charge in [-0.3, -0.25) is 0 Å². The molecular formula is C12H9N5O3. The van der Waals surface area contributed by atoms with E-state index in [1.54, 1.807) is 6.07 Å². The van der Waals surface area contributed by atoms with E-state index in [0.29, 0.717) is 5.56 Å². The zero-order valence-corrected chi connectivity index (χ0v) is 10.1. The highest BCUT2D eigenvalue weighted by atomic mass is 16.5. The number of anilines is 1. The number of nitrogens with zero attached hydrogens (tertiary/aromatic N) is 4. The molecule has 0 atom stereocenters. The molecule has 0 amide bonds. The van der Waals surface area contributed by atoms with Gasteiger partial charge < -0.3 is 20.5 Å². The fourth-order valence-electron chi connectivity index (χ4n) is 1.61. The Morgan fingerprint density at radius 1 is 1.05 bits per heavy atom. The van der Waals surface area contributed by atoms with Crippen LogP contribution in [0, 0.1) is 0 Å². The van der Waals surface area contributed by atoms with E-state index >= 15 is 0 Å². The van der Waals surface area contributed by atoms with Crippen molar-refractivity contribution in [1.29, 1.82) is 0 Å². The number of aromatic hydroxyl groups is 2. The summed E-state index contributed by atoms with van der Waals surface area (Å²) in [6.45, 7) is 0. The largest absolute Gasteiger partial charge is 0.504 e. The smallest absolute Gasteiger partial charge is 0.280 e. The van der Waals surface area contributed by atoms with Crippen molar-refractivity contribution in [1.82, 2.24) is 20.1 Å². The fraction of sp³-hybridized carbons (Fsp3) is 0. The number of hydrogen-bond donors (Lipinski definition) is 3. The van der Waals surface area contributed by atoms with E-state index in [0.717, 1.165) is 0 Å². The van der Waals surface area contributed by atoms with Crippen LogP contribution in [0.3, 0.4) is 0 Å². The summed E-state index contributed by atoms with van der Waals surface area (Å²) >= 11 is 0. The number of hydrogen-bond acceptors (Lipinski definition) is 8. The first-order valence-electron chi connectivity index (χ1n) is 5.58. The van der Waals surface area contributed by atoms with Gasteiger partial charge in [-0.2, -0.15) is 4.98 Å². The average Bonchev–Trinajstić information content (AvgIpc) is 2.92. The van der Waals surface area contributed by atoms with Crippen LogP contribution in [0.25, 0.3) is 23.0 Å². The molecule has 8 heteroatoms. The van der Waals surface area contributed by atoms with Gasteiger partial charge in [-0.05, 0) is 18.2 Å². The van der Waals surface area contributed by atoms with Crippen LogP contribution in [-0.4, -0.2) is 30.3 Å². The first-order chi connectivity index (χ1) is 9.65. The van der Waals surface area contributed by atoms with Crippen LogP contribution in [0.2, 0.25) is 0 Å². The first kappa shape index (κ1) is 11.9. The summed E-state index contributed by atoms with van der Waals surface area (Å²) in [5, 5.41) is 22.5. The van der Waals surface area contributed by atoms with Gasteiger partial charge in [-0.15, -0.1) is 0 Å². The first-order valence-corrected chi connectivity index (χ1v) is 5.58. The molecule has 0 bridgehead atoms. The molecule has 3 aromatic rings. The van der Waals surface area contributed by atoms with Crippen LogP contribution < -0.4 is 5.73 Å². The van der Waals surface area contributed by atoms with Crippen LogP contribution >= 0.6 is 0 Å². The van der Waals surface area contributed by atoms with E-state index in [9.17, 15) is 10.2 Å². The Hall–Kier alpha value is -3.16. The molecule has 0 saturated heterocycles. The Bertz CT molecular complexity index is 771. The second-order valence-electron chi connectivity index (χ2n) is 3.92. The number of nitrogen functional groups attached to an aromatic ring is 1. The van der Waals surface area contributed by atoms with Crippen molar-refractivity contribution in [3.8, 4) is 34.5 Å². The second kappa shape index (κ2) is 4.50. The van der Waals surface area contributed by atoms with Crippen molar-refractivity contribution in [2.45, 2.75) is 0 Å². The summed E-state index contributed by atoms with van der Waals surface area (Å²) in [4.78, 5) is 12.0. The summed E-state index contributed by atoms with van der Waals surface area (Å²) in [6.07, 6.45) is 2.91. The van der Waals surface area contributed by atoms with Gasteiger partial charge in [0.2, 0.25) is 5.82 Å². The van der Waals surface area contributed by atoms with Crippen LogP contribution in [0.5, 0.6) is 11.5 Å². The lowest BCUT2D eigenvalue weighted by molar-refractivity contribution is 0.404. The minimum atomic E-state index is -0.270. The molecule has 100 valence electrons. The molecule has 2 aromatic heterocycles.